The quantitative estimate of drug-likeness (QED) is 0.520. The van der Waals surface area contributed by atoms with Crippen LogP contribution in [-0.2, 0) is 19.5 Å². The average molecular weight is 262 g/mol. The van der Waals surface area contributed by atoms with Gasteiger partial charge in [-0.05, 0) is 0 Å². The Labute approximate surface area is 89.9 Å². The Balaban J connectivity index is 0. The van der Waals surface area contributed by atoms with Crippen molar-refractivity contribution in [3.8, 4) is 6.07 Å². The molecule has 0 bridgehead atoms. The molecule has 54 valence electrons. The van der Waals surface area contributed by atoms with Gasteiger partial charge in [0.15, 0.2) is 0 Å². The Bertz CT molecular complexity index is 237. The third-order valence-corrected chi connectivity index (χ3v) is 1.08. The van der Waals surface area contributed by atoms with E-state index in [4.69, 9.17) is 5.26 Å². The van der Waals surface area contributed by atoms with Crippen LogP contribution in [-0.4, -0.2) is 0 Å². The Morgan fingerprint density at radius 1 is 1.18 bits per heavy atom. The maximum absolute atomic E-state index is 8.36. The molecular weight excluding hydrogens is 255 g/mol. The Morgan fingerprint density at radius 2 is 1.64 bits per heavy atom. The zero-order valence-corrected chi connectivity index (χ0v) is 10.8. The Hall–Kier alpha value is -0.317. The van der Waals surface area contributed by atoms with E-state index in [1.807, 2.05) is 18.2 Å². The van der Waals surface area contributed by atoms with Crippen molar-refractivity contribution >= 4 is 17.0 Å². The first-order valence-corrected chi connectivity index (χ1v) is 2.65. The van der Waals surface area contributed by atoms with Crippen LogP contribution in [0.2, 0.25) is 0 Å². The first kappa shape index (κ1) is 13.3. The molecule has 1 aromatic rings. The van der Waals surface area contributed by atoms with Crippen molar-refractivity contribution in [2.45, 2.75) is 0 Å². The fourth-order valence-corrected chi connectivity index (χ4v) is 0.579. The van der Waals surface area contributed by atoms with Crippen LogP contribution in [0.25, 0.3) is 0 Å². The van der Waals surface area contributed by atoms with Gasteiger partial charge in [-0.15, -0.1) is 29.1 Å². The van der Waals surface area contributed by atoms with Crippen LogP contribution in [0, 0.1) is 18.3 Å². The smallest absolute Gasteiger partial charge is 0.0969 e. The minimum Gasteiger partial charge on any atom is -0.199 e. The van der Waals surface area contributed by atoms with Gasteiger partial charge in [-0.1, -0.05) is 0 Å². The maximum atomic E-state index is 8.36. The normalized spacial score (nSPS) is 6.82. The molecule has 1 nitrogen and oxygen atoms in total. The molecule has 0 saturated carbocycles. The molecule has 0 atom stereocenters. The third kappa shape index (κ3) is 4.19. The van der Waals surface area contributed by atoms with Gasteiger partial charge in [0, 0.05) is 25.0 Å². The van der Waals surface area contributed by atoms with Crippen LogP contribution >= 0.6 is 17.0 Å². The minimum atomic E-state index is 0. The van der Waals surface area contributed by atoms with Gasteiger partial charge < -0.3 is 0 Å². The molecule has 0 heterocycles. The summed E-state index contributed by atoms with van der Waals surface area (Å²) in [5.41, 5.74) is 1.62. The molecule has 0 saturated heterocycles. The summed E-state index contributed by atoms with van der Waals surface area (Å²) < 4.78 is 0. The largest absolute Gasteiger partial charge is 0.199 e. The Kier molecular flexibility index (Phi) is 7.73. The predicted octanol–water partition coefficient (Wildman–Crippen LogP) is 2.32. The van der Waals surface area contributed by atoms with Gasteiger partial charge in [0.2, 0.25) is 0 Å². The maximum Gasteiger partial charge on any atom is 0.0969 e. The summed E-state index contributed by atoms with van der Waals surface area (Å²) in [4.78, 5) is 0. The van der Waals surface area contributed by atoms with Crippen LogP contribution in [0.15, 0.2) is 24.3 Å². The monoisotopic (exact) mass is 260 g/mol. The predicted molar refractivity (Wildman–Crippen MR) is 45.9 cm³/mol. The summed E-state index contributed by atoms with van der Waals surface area (Å²) in [7, 11) is 0. The van der Waals surface area contributed by atoms with E-state index >= 15 is 0 Å². The molecule has 0 fully saturated rings. The average Bonchev–Trinajstić information content (AvgIpc) is 1.90. The Morgan fingerprint density at radius 3 is 2.00 bits per heavy atom. The first-order chi connectivity index (χ1) is 4.33. The fraction of sp³-hybridized carbons (Fsp3) is 0. The van der Waals surface area contributed by atoms with Gasteiger partial charge in [0.25, 0.3) is 0 Å². The van der Waals surface area contributed by atoms with E-state index < -0.39 is 0 Å². The number of halogens is 1. The number of hydrogen-bond donors (Lipinski definition) is 0. The molecule has 0 N–H and O–H groups in total. The van der Waals surface area contributed by atoms with Crippen LogP contribution < -0.4 is 0 Å². The topological polar surface area (TPSA) is 23.8 Å². The van der Waals surface area contributed by atoms with Crippen molar-refractivity contribution in [1.29, 1.82) is 5.26 Å². The van der Waals surface area contributed by atoms with E-state index in [-0.39, 0.29) is 36.5 Å². The van der Waals surface area contributed by atoms with Crippen molar-refractivity contribution < 1.29 is 19.5 Å². The van der Waals surface area contributed by atoms with Crippen molar-refractivity contribution in [1.82, 2.24) is 0 Å². The van der Waals surface area contributed by atoms with Crippen LogP contribution in [0.4, 0.5) is 0 Å². The van der Waals surface area contributed by atoms with Crippen LogP contribution in [0.1, 0.15) is 11.1 Å². The van der Waals surface area contributed by atoms with Crippen molar-refractivity contribution in [3.63, 3.8) is 0 Å². The molecule has 0 unspecified atom stereocenters. The zero-order valence-electron chi connectivity index (χ0n) is 6.08. The molecule has 0 amide bonds. The van der Waals surface area contributed by atoms with E-state index in [9.17, 15) is 0 Å². The van der Waals surface area contributed by atoms with E-state index in [0.29, 0.717) is 5.56 Å². The molecule has 11 heavy (non-hydrogen) atoms. The SMILES string of the molecule is Br.[CH2-]c1ccc(C#N)cc1.[Zn]. The number of nitrogens with zero attached hydrogens (tertiary/aromatic N) is 1. The number of nitriles is 1. The minimum absolute atomic E-state index is 0. The standard InChI is InChI=1S/C8H6N.BrH.Zn/c1-7-2-4-8(6-9)5-3-7;;/h2-5H,1H2;1H;/q-1;;. The van der Waals surface area contributed by atoms with Crippen molar-refractivity contribution in [2.75, 3.05) is 0 Å². The van der Waals surface area contributed by atoms with Crippen LogP contribution in [0.3, 0.4) is 0 Å². The molecule has 0 aliphatic heterocycles. The molecule has 0 aliphatic rings. The number of hydrogen-bond acceptors (Lipinski definition) is 1. The summed E-state index contributed by atoms with van der Waals surface area (Å²) in [6, 6.07) is 9.17. The van der Waals surface area contributed by atoms with Gasteiger partial charge >= 0.3 is 0 Å². The molecule has 1 rings (SSSR count). The molecular formula is C8H7BrNZn-. The first-order valence-electron chi connectivity index (χ1n) is 2.65. The number of rotatable bonds is 0. The second-order valence-corrected chi connectivity index (χ2v) is 1.81. The summed E-state index contributed by atoms with van der Waals surface area (Å²) in [6.45, 7) is 3.69. The third-order valence-electron chi connectivity index (χ3n) is 1.08. The van der Waals surface area contributed by atoms with Crippen molar-refractivity contribution in [2.24, 2.45) is 0 Å². The zero-order chi connectivity index (χ0) is 6.69. The second-order valence-electron chi connectivity index (χ2n) is 1.81. The van der Waals surface area contributed by atoms with E-state index in [2.05, 4.69) is 6.92 Å². The summed E-state index contributed by atoms with van der Waals surface area (Å²) in [6.07, 6.45) is 0. The molecule has 0 radical (unpaired) electrons. The summed E-state index contributed by atoms with van der Waals surface area (Å²) in [5.74, 6) is 0. The van der Waals surface area contributed by atoms with E-state index in [1.54, 1.807) is 12.1 Å². The fourth-order valence-electron chi connectivity index (χ4n) is 0.579. The number of benzene rings is 1. The summed E-state index contributed by atoms with van der Waals surface area (Å²) >= 11 is 0. The molecule has 0 aromatic heterocycles. The van der Waals surface area contributed by atoms with E-state index in [0.717, 1.165) is 5.56 Å². The van der Waals surface area contributed by atoms with Gasteiger partial charge in [0.05, 0.1) is 6.07 Å². The molecule has 3 heteroatoms. The van der Waals surface area contributed by atoms with Gasteiger partial charge in [-0.25, -0.2) is 0 Å². The summed E-state index contributed by atoms with van der Waals surface area (Å²) in [5, 5.41) is 8.36. The molecule has 0 aliphatic carbocycles. The molecule has 1 aromatic carbocycles. The van der Waals surface area contributed by atoms with Gasteiger partial charge in [-0.2, -0.15) is 29.9 Å². The van der Waals surface area contributed by atoms with Crippen molar-refractivity contribution in [3.05, 3.63) is 42.3 Å². The molecule has 0 spiro atoms. The van der Waals surface area contributed by atoms with Crippen LogP contribution in [0.5, 0.6) is 0 Å². The second kappa shape index (κ2) is 6.40. The van der Waals surface area contributed by atoms with Gasteiger partial charge in [0.1, 0.15) is 0 Å². The van der Waals surface area contributed by atoms with E-state index in [1.165, 1.54) is 0 Å². The van der Waals surface area contributed by atoms with Gasteiger partial charge in [-0.3, -0.25) is 0 Å².